The number of aryl methyl sites for hydroxylation is 1. The quantitative estimate of drug-likeness (QED) is 0.778. The number of anilines is 1. The standard InChI is InChI=1S/C19H22FN3O3/c1-3-21-12-14(4-9-24)19(26)15-10-16(20)18(11-17(15)21)23-7-5-22(6-8-23)13(2)25/h9-12H,3-8H2,1-2H3. The zero-order valence-electron chi connectivity index (χ0n) is 15.0. The second kappa shape index (κ2) is 7.27. The van der Waals surface area contributed by atoms with E-state index < -0.39 is 5.82 Å². The molecule has 3 rings (SSSR count). The van der Waals surface area contributed by atoms with Gasteiger partial charge in [-0.15, -0.1) is 0 Å². The van der Waals surface area contributed by atoms with Crippen LogP contribution >= 0.6 is 0 Å². The number of fused-ring (bicyclic) bond motifs is 1. The Balaban J connectivity index is 2.05. The van der Waals surface area contributed by atoms with Crippen LogP contribution in [0.5, 0.6) is 0 Å². The highest BCUT2D eigenvalue weighted by Crippen LogP contribution is 2.26. The van der Waals surface area contributed by atoms with Crippen LogP contribution in [-0.4, -0.2) is 47.8 Å². The van der Waals surface area contributed by atoms with Crippen LogP contribution in [0.15, 0.2) is 23.1 Å². The Labute approximate surface area is 150 Å². The second-order valence-corrected chi connectivity index (χ2v) is 6.45. The third kappa shape index (κ3) is 3.21. The van der Waals surface area contributed by atoms with Gasteiger partial charge >= 0.3 is 0 Å². The van der Waals surface area contributed by atoms with E-state index in [-0.39, 0.29) is 23.1 Å². The molecule has 1 aromatic heterocycles. The summed E-state index contributed by atoms with van der Waals surface area (Å²) in [7, 11) is 0. The number of hydrogen-bond acceptors (Lipinski definition) is 4. The molecule has 1 saturated heterocycles. The third-order valence-corrected chi connectivity index (χ3v) is 4.93. The van der Waals surface area contributed by atoms with Gasteiger partial charge in [0.2, 0.25) is 5.91 Å². The highest BCUT2D eigenvalue weighted by atomic mass is 19.1. The van der Waals surface area contributed by atoms with Crippen molar-refractivity contribution in [2.45, 2.75) is 26.8 Å². The third-order valence-electron chi connectivity index (χ3n) is 4.93. The molecule has 2 aromatic rings. The van der Waals surface area contributed by atoms with Crippen LogP contribution in [0.25, 0.3) is 10.9 Å². The predicted molar refractivity (Wildman–Crippen MR) is 98.1 cm³/mol. The molecule has 0 radical (unpaired) electrons. The summed E-state index contributed by atoms with van der Waals surface area (Å²) in [5.74, 6) is -0.442. The smallest absolute Gasteiger partial charge is 0.219 e. The molecule has 0 aliphatic carbocycles. The van der Waals surface area contributed by atoms with Gasteiger partial charge in [-0.2, -0.15) is 0 Å². The lowest BCUT2D eigenvalue weighted by Gasteiger charge is -2.36. The maximum Gasteiger partial charge on any atom is 0.219 e. The lowest BCUT2D eigenvalue weighted by molar-refractivity contribution is -0.129. The molecular weight excluding hydrogens is 337 g/mol. The minimum absolute atomic E-state index is 0.0190. The molecule has 2 heterocycles. The van der Waals surface area contributed by atoms with Gasteiger partial charge < -0.3 is 19.2 Å². The number of carbonyl (C=O) groups excluding carboxylic acids is 2. The minimum Gasteiger partial charge on any atom is -0.366 e. The predicted octanol–water partition coefficient (Wildman–Crippen LogP) is 1.57. The van der Waals surface area contributed by atoms with Crippen LogP contribution in [0.2, 0.25) is 0 Å². The lowest BCUT2D eigenvalue weighted by atomic mass is 10.1. The van der Waals surface area contributed by atoms with Crippen LogP contribution in [0, 0.1) is 5.82 Å². The molecule has 1 aliphatic rings. The van der Waals surface area contributed by atoms with Gasteiger partial charge in [0.1, 0.15) is 12.1 Å². The number of piperazine rings is 1. The first kappa shape index (κ1) is 18.1. The van der Waals surface area contributed by atoms with E-state index >= 15 is 0 Å². The van der Waals surface area contributed by atoms with E-state index in [0.29, 0.717) is 55.8 Å². The average molecular weight is 359 g/mol. The summed E-state index contributed by atoms with van der Waals surface area (Å²) in [6, 6.07) is 2.97. The molecule has 0 atom stereocenters. The number of amides is 1. The Bertz CT molecular complexity index is 914. The number of hydrogen-bond donors (Lipinski definition) is 0. The van der Waals surface area contributed by atoms with Gasteiger partial charge in [0.25, 0.3) is 0 Å². The first-order valence-electron chi connectivity index (χ1n) is 8.76. The molecule has 0 bridgehead atoms. The van der Waals surface area contributed by atoms with Crippen molar-refractivity contribution < 1.29 is 14.0 Å². The molecule has 0 saturated carbocycles. The Morgan fingerprint density at radius 3 is 2.50 bits per heavy atom. The number of halogens is 1. The Hall–Kier alpha value is -2.70. The number of aromatic nitrogens is 1. The number of pyridine rings is 1. The zero-order valence-corrected chi connectivity index (χ0v) is 15.0. The molecule has 1 aliphatic heterocycles. The van der Waals surface area contributed by atoms with E-state index in [4.69, 9.17) is 0 Å². The van der Waals surface area contributed by atoms with Crippen LogP contribution in [0.4, 0.5) is 10.1 Å². The lowest BCUT2D eigenvalue weighted by Crippen LogP contribution is -2.48. The van der Waals surface area contributed by atoms with Gasteiger partial charge in [0, 0.05) is 63.2 Å². The molecule has 1 fully saturated rings. The van der Waals surface area contributed by atoms with E-state index in [0.717, 1.165) is 0 Å². The number of aldehydes is 1. The van der Waals surface area contributed by atoms with E-state index in [2.05, 4.69) is 0 Å². The highest BCUT2D eigenvalue weighted by Gasteiger charge is 2.22. The van der Waals surface area contributed by atoms with Gasteiger partial charge in [0.05, 0.1) is 11.2 Å². The zero-order chi connectivity index (χ0) is 18.8. The molecule has 1 amide bonds. The summed E-state index contributed by atoms with van der Waals surface area (Å²) in [6.07, 6.45) is 2.38. The van der Waals surface area contributed by atoms with E-state index in [1.54, 1.807) is 17.2 Å². The van der Waals surface area contributed by atoms with Gasteiger partial charge in [0.15, 0.2) is 5.43 Å². The highest BCUT2D eigenvalue weighted by molar-refractivity contribution is 5.84. The molecule has 7 heteroatoms. The summed E-state index contributed by atoms with van der Waals surface area (Å²) in [5.41, 5.74) is 1.16. The van der Waals surface area contributed by atoms with Gasteiger partial charge in [-0.1, -0.05) is 0 Å². The largest absolute Gasteiger partial charge is 0.366 e. The molecule has 26 heavy (non-hydrogen) atoms. The maximum absolute atomic E-state index is 14.8. The van der Waals surface area contributed by atoms with Gasteiger partial charge in [-0.05, 0) is 19.1 Å². The van der Waals surface area contributed by atoms with Gasteiger partial charge in [-0.25, -0.2) is 4.39 Å². The van der Waals surface area contributed by atoms with Crippen molar-refractivity contribution in [1.82, 2.24) is 9.47 Å². The van der Waals surface area contributed by atoms with E-state index in [1.807, 2.05) is 16.4 Å². The van der Waals surface area contributed by atoms with Crippen LogP contribution < -0.4 is 10.3 Å². The average Bonchev–Trinajstić information content (AvgIpc) is 2.64. The normalized spacial score (nSPS) is 14.7. The minimum atomic E-state index is -0.461. The SMILES string of the molecule is CCn1cc(CC=O)c(=O)c2cc(F)c(N3CCN(C(C)=O)CC3)cc21. The topological polar surface area (TPSA) is 62.6 Å². The van der Waals surface area contributed by atoms with Crippen LogP contribution in [0.1, 0.15) is 19.4 Å². The van der Waals surface area contributed by atoms with E-state index in [9.17, 15) is 18.8 Å². The Morgan fingerprint density at radius 1 is 1.23 bits per heavy atom. The summed E-state index contributed by atoms with van der Waals surface area (Å²) in [5, 5.41) is 0.287. The van der Waals surface area contributed by atoms with Crippen LogP contribution in [-0.2, 0) is 22.6 Å². The van der Waals surface area contributed by atoms with Crippen molar-refractivity contribution in [3.8, 4) is 0 Å². The molecule has 138 valence electrons. The fourth-order valence-electron chi connectivity index (χ4n) is 3.46. The molecule has 6 nitrogen and oxygen atoms in total. The van der Waals surface area contributed by atoms with Crippen molar-refractivity contribution in [3.63, 3.8) is 0 Å². The van der Waals surface area contributed by atoms with Crippen molar-refractivity contribution in [2.24, 2.45) is 0 Å². The number of benzene rings is 1. The molecule has 0 spiro atoms. The molecular formula is C19H22FN3O3. The fraction of sp³-hybridized carbons (Fsp3) is 0.421. The fourth-order valence-corrected chi connectivity index (χ4v) is 3.46. The molecule has 1 aromatic carbocycles. The maximum atomic E-state index is 14.8. The van der Waals surface area contributed by atoms with E-state index in [1.165, 1.54) is 13.0 Å². The summed E-state index contributed by atoms with van der Waals surface area (Å²) in [4.78, 5) is 38.5. The first-order valence-corrected chi connectivity index (χ1v) is 8.76. The Morgan fingerprint density at radius 2 is 1.92 bits per heavy atom. The monoisotopic (exact) mass is 359 g/mol. The van der Waals surface area contributed by atoms with Gasteiger partial charge in [-0.3, -0.25) is 9.59 Å². The number of rotatable bonds is 4. The summed E-state index contributed by atoms with van der Waals surface area (Å²) >= 11 is 0. The van der Waals surface area contributed by atoms with Crippen molar-refractivity contribution in [3.05, 3.63) is 39.9 Å². The molecule has 0 N–H and O–H groups in total. The first-order chi connectivity index (χ1) is 12.5. The second-order valence-electron chi connectivity index (χ2n) is 6.45. The molecule has 0 unspecified atom stereocenters. The van der Waals surface area contributed by atoms with Crippen molar-refractivity contribution in [2.75, 3.05) is 31.1 Å². The van der Waals surface area contributed by atoms with Crippen molar-refractivity contribution in [1.29, 1.82) is 0 Å². The summed E-state index contributed by atoms with van der Waals surface area (Å²) < 4.78 is 16.6. The number of carbonyl (C=O) groups is 2. The Kier molecular flexibility index (Phi) is 5.06. The van der Waals surface area contributed by atoms with Crippen LogP contribution in [0.3, 0.4) is 0 Å². The summed E-state index contributed by atoms with van der Waals surface area (Å²) in [6.45, 7) is 6.25. The van der Waals surface area contributed by atoms with Crippen molar-refractivity contribution >= 4 is 28.8 Å². The number of nitrogens with zero attached hydrogens (tertiary/aromatic N) is 3.